The lowest BCUT2D eigenvalue weighted by atomic mass is 9.96. The average molecular weight is 426 g/mol. The molecule has 1 saturated heterocycles. The fourth-order valence-electron chi connectivity index (χ4n) is 3.85. The van der Waals surface area contributed by atoms with Gasteiger partial charge in [-0.25, -0.2) is 0 Å². The second-order valence-electron chi connectivity index (χ2n) is 7.96. The van der Waals surface area contributed by atoms with E-state index in [1.54, 1.807) is 7.11 Å². The van der Waals surface area contributed by atoms with E-state index in [0.29, 0.717) is 25.6 Å². The fourth-order valence-corrected chi connectivity index (χ4v) is 3.85. The van der Waals surface area contributed by atoms with Gasteiger partial charge in [0.25, 0.3) is 0 Å². The Morgan fingerprint density at radius 3 is 2.26 bits per heavy atom. The number of nitrogens with one attached hydrogen (secondary N) is 1. The van der Waals surface area contributed by atoms with Crippen LogP contribution in [-0.2, 0) is 4.79 Å². The summed E-state index contributed by atoms with van der Waals surface area (Å²) >= 11 is 0. The molecule has 1 atom stereocenters. The molecular formula is C25H35N3O3. The molecule has 0 aliphatic carbocycles. The van der Waals surface area contributed by atoms with Crippen LogP contribution in [0.5, 0.6) is 11.5 Å². The molecule has 1 heterocycles. The van der Waals surface area contributed by atoms with E-state index in [4.69, 9.17) is 9.47 Å². The molecule has 1 fully saturated rings. The number of ether oxygens (including phenoxy) is 2. The maximum absolute atomic E-state index is 12.4. The summed E-state index contributed by atoms with van der Waals surface area (Å²) in [4.78, 5) is 17.0. The highest BCUT2D eigenvalue weighted by atomic mass is 16.5. The summed E-state index contributed by atoms with van der Waals surface area (Å²) in [6.45, 7) is 8.62. The predicted molar refractivity (Wildman–Crippen MR) is 124 cm³/mol. The van der Waals surface area contributed by atoms with E-state index >= 15 is 0 Å². The SMILES string of the molecule is CCC(CNC(=O)CN1CCN(CCOc2ccc(OC)cc2)CC1)c1ccccc1. The minimum Gasteiger partial charge on any atom is -0.497 e. The van der Waals surface area contributed by atoms with Crippen molar-refractivity contribution in [1.82, 2.24) is 15.1 Å². The fraction of sp³-hybridized carbons (Fsp3) is 0.480. The molecule has 1 aliphatic rings. The molecule has 6 nitrogen and oxygen atoms in total. The van der Waals surface area contributed by atoms with E-state index in [1.807, 2.05) is 30.3 Å². The Hall–Kier alpha value is -2.57. The summed E-state index contributed by atoms with van der Waals surface area (Å²) in [6, 6.07) is 18.1. The van der Waals surface area contributed by atoms with Gasteiger partial charge in [0.05, 0.1) is 13.7 Å². The molecule has 1 aliphatic heterocycles. The third kappa shape index (κ3) is 7.56. The Kier molecular flexibility index (Phi) is 9.18. The van der Waals surface area contributed by atoms with Gasteiger partial charge in [0, 0.05) is 45.2 Å². The number of benzene rings is 2. The van der Waals surface area contributed by atoms with E-state index in [2.05, 4.69) is 46.3 Å². The van der Waals surface area contributed by atoms with E-state index in [1.165, 1.54) is 5.56 Å². The monoisotopic (exact) mass is 425 g/mol. The molecule has 3 rings (SSSR count). The molecule has 168 valence electrons. The standard InChI is InChI=1S/C25H35N3O3/c1-3-21(22-7-5-4-6-8-22)19-26-25(29)20-28-15-13-27(14-16-28)17-18-31-24-11-9-23(30-2)10-12-24/h4-12,21H,3,13-20H2,1-2H3,(H,26,29). The first-order valence-electron chi connectivity index (χ1n) is 11.2. The van der Waals surface area contributed by atoms with Crippen LogP contribution in [0.1, 0.15) is 24.8 Å². The second kappa shape index (κ2) is 12.3. The zero-order valence-corrected chi connectivity index (χ0v) is 18.8. The van der Waals surface area contributed by atoms with E-state index < -0.39 is 0 Å². The number of methoxy groups -OCH3 is 1. The molecule has 0 radical (unpaired) electrons. The van der Waals surface area contributed by atoms with Crippen LogP contribution in [0.15, 0.2) is 54.6 Å². The summed E-state index contributed by atoms with van der Waals surface area (Å²) in [5.74, 6) is 2.17. The third-order valence-electron chi connectivity index (χ3n) is 5.88. The normalized spacial score (nSPS) is 15.9. The number of rotatable bonds is 11. The molecule has 1 amide bonds. The van der Waals surface area contributed by atoms with Crippen LogP contribution in [-0.4, -0.2) is 75.2 Å². The first-order valence-corrected chi connectivity index (χ1v) is 11.2. The average Bonchev–Trinajstić information content (AvgIpc) is 2.82. The van der Waals surface area contributed by atoms with Gasteiger partial charge >= 0.3 is 0 Å². The zero-order valence-electron chi connectivity index (χ0n) is 18.8. The number of nitrogens with zero attached hydrogens (tertiary/aromatic N) is 2. The predicted octanol–water partition coefficient (Wildman–Crippen LogP) is 3.00. The lowest BCUT2D eigenvalue weighted by molar-refractivity contribution is -0.122. The van der Waals surface area contributed by atoms with Crippen molar-refractivity contribution in [2.75, 3.05) is 59.5 Å². The summed E-state index contributed by atoms with van der Waals surface area (Å²) in [7, 11) is 1.66. The summed E-state index contributed by atoms with van der Waals surface area (Å²) in [6.07, 6.45) is 1.02. The Bertz CT molecular complexity index is 774. The lowest BCUT2D eigenvalue weighted by Gasteiger charge is -2.34. The Labute approximate surface area is 186 Å². The molecule has 0 saturated carbocycles. The quantitative estimate of drug-likeness (QED) is 0.600. The number of hydrogen-bond donors (Lipinski definition) is 1. The second-order valence-corrected chi connectivity index (χ2v) is 7.96. The number of piperazine rings is 1. The number of hydrogen-bond acceptors (Lipinski definition) is 5. The van der Waals surface area contributed by atoms with Gasteiger partial charge in [-0.1, -0.05) is 37.3 Å². The van der Waals surface area contributed by atoms with Crippen molar-refractivity contribution in [1.29, 1.82) is 0 Å². The van der Waals surface area contributed by atoms with Crippen molar-refractivity contribution >= 4 is 5.91 Å². The summed E-state index contributed by atoms with van der Waals surface area (Å²) in [5, 5.41) is 3.13. The van der Waals surface area contributed by atoms with Crippen LogP contribution >= 0.6 is 0 Å². The van der Waals surface area contributed by atoms with E-state index in [-0.39, 0.29) is 5.91 Å². The van der Waals surface area contributed by atoms with Crippen LogP contribution in [0, 0.1) is 0 Å². The van der Waals surface area contributed by atoms with Crippen LogP contribution in [0.4, 0.5) is 0 Å². The molecule has 0 spiro atoms. The van der Waals surface area contributed by atoms with Crippen molar-refractivity contribution < 1.29 is 14.3 Å². The smallest absolute Gasteiger partial charge is 0.234 e. The maximum Gasteiger partial charge on any atom is 0.234 e. The molecule has 0 bridgehead atoms. The van der Waals surface area contributed by atoms with Crippen LogP contribution in [0.3, 0.4) is 0 Å². The van der Waals surface area contributed by atoms with Crippen molar-refractivity contribution in [3.05, 3.63) is 60.2 Å². The van der Waals surface area contributed by atoms with Crippen LogP contribution in [0.2, 0.25) is 0 Å². The van der Waals surface area contributed by atoms with Gasteiger partial charge in [0.15, 0.2) is 0 Å². The van der Waals surface area contributed by atoms with Gasteiger partial charge in [-0.15, -0.1) is 0 Å². The molecule has 0 aromatic heterocycles. The van der Waals surface area contributed by atoms with E-state index in [9.17, 15) is 4.79 Å². The number of carbonyl (C=O) groups excluding carboxylic acids is 1. The minimum absolute atomic E-state index is 0.116. The van der Waals surface area contributed by atoms with Crippen molar-refractivity contribution in [3.63, 3.8) is 0 Å². The molecule has 1 N–H and O–H groups in total. The molecule has 1 unspecified atom stereocenters. The summed E-state index contributed by atoms with van der Waals surface area (Å²) in [5.41, 5.74) is 1.29. The molecule has 2 aromatic rings. The molecule has 31 heavy (non-hydrogen) atoms. The molecule has 2 aromatic carbocycles. The zero-order chi connectivity index (χ0) is 21.9. The van der Waals surface area contributed by atoms with Crippen molar-refractivity contribution in [2.45, 2.75) is 19.3 Å². The Morgan fingerprint density at radius 2 is 1.61 bits per heavy atom. The van der Waals surface area contributed by atoms with Crippen molar-refractivity contribution in [3.8, 4) is 11.5 Å². The number of carbonyl (C=O) groups is 1. The van der Waals surface area contributed by atoms with E-state index in [0.717, 1.165) is 50.6 Å². The Balaban J connectivity index is 1.30. The minimum atomic E-state index is 0.116. The van der Waals surface area contributed by atoms with Gasteiger partial charge in [-0.2, -0.15) is 0 Å². The first kappa shape index (κ1) is 23.1. The molecular weight excluding hydrogens is 390 g/mol. The highest BCUT2D eigenvalue weighted by Crippen LogP contribution is 2.18. The van der Waals surface area contributed by atoms with Gasteiger partial charge in [0.2, 0.25) is 5.91 Å². The third-order valence-corrected chi connectivity index (χ3v) is 5.88. The summed E-state index contributed by atoms with van der Waals surface area (Å²) < 4.78 is 11.0. The van der Waals surface area contributed by atoms with Crippen LogP contribution in [0.25, 0.3) is 0 Å². The van der Waals surface area contributed by atoms with Gasteiger partial charge in [-0.05, 0) is 36.2 Å². The maximum atomic E-state index is 12.4. The highest BCUT2D eigenvalue weighted by Gasteiger charge is 2.19. The van der Waals surface area contributed by atoms with Crippen molar-refractivity contribution in [2.24, 2.45) is 0 Å². The Morgan fingerprint density at radius 1 is 0.968 bits per heavy atom. The number of amides is 1. The van der Waals surface area contributed by atoms with Gasteiger partial charge < -0.3 is 14.8 Å². The van der Waals surface area contributed by atoms with Gasteiger partial charge in [0.1, 0.15) is 18.1 Å². The van der Waals surface area contributed by atoms with Gasteiger partial charge in [-0.3, -0.25) is 14.6 Å². The largest absolute Gasteiger partial charge is 0.497 e. The lowest BCUT2D eigenvalue weighted by Crippen LogP contribution is -2.50. The highest BCUT2D eigenvalue weighted by molar-refractivity contribution is 5.78. The van der Waals surface area contributed by atoms with Crippen LogP contribution < -0.4 is 14.8 Å². The first-order chi connectivity index (χ1) is 15.2. The molecule has 6 heteroatoms. The topological polar surface area (TPSA) is 54.0 Å².